The molecule has 8 heteroatoms. The van der Waals surface area contributed by atoms with Gasteiger partial charge in [-0.05, 0) is 19.1 Å². The van der Waals surface area contributed by atoms with Gasteiger partial charge in [-0.15, -0.1) is 5.10 Å². The summed E-state index contributed by atoms with van der Waals surface area (Å²) in [4.78, 5) is 20.8. The fourth-order valence-electron chi connectivity index (χ4n) is 3.23. The van der Waals surface area contributed by atoms with Crippen molar-refractivity contribution in [1.82, 2.24) is 20.1 Å². The smallest absolute Gasteiger partial charge is 0.239 e. The molecule has 0 bridgehead atoms. The van der Waals surface area contributed by atoms with Crippen LogP contribution in [0.4, 0.5) is 11.6 Å². The van der Waals surface area contributed by atoms with Gasteiger partial charge in [0.05, 0.1) is 12.8 Å². The van der Waals surface area contributed by atoms with Crippen LogP contribution in [-0.4, -0.2) is 58.8 Å². The van der Waals surface area contributed by atoms with E-state index in [2.05, 4.69) is 33.1 Å². The summed E-state index contributed by atoms with van der Waals surface area (Å²) in [6.45, 7) is 4.33. The molecule has 3 rings (SSSR count). The molecule has 0 saturated carbocycles. The lowest BCUT2D eigenvalue weighted by atomic mass is 10.1. The molecular formula is C17H24N6O2. The predicted octanol–water partition coefficient (Wildman–Crippen LogP) is 1.07. The molecule has 3 N–H and O–H groups in total. The first-order valence-corrected chi connectivity index (χ1v) is 8.42. The Balaban J connectivity index is 1.58. The monoisotopic (exact) mass is 344 g/mol. The summed E-state index contributed by atoms with van der Waals surface area (Å²) in [5, 5.41) is 6.52. The first-order chi connectivity index (χ1) is 12.1. The van der Waals surface area contributed by atoms with Crippen LogP contribution in [0, 0.1) is 0 Å². The number of anilines is 2. The Hall–Kier alpha value is -2.77. The molecule has 1 atom stereocenters. The van der Waals surface area contributed by atoms with Crippen LogP contribution in [0.5, 0.6) is 5.75 Å². The number of para-hydroxylation sites is 2. The van der Waals surface area contributed by atoms with Gasteiger partial charge in [-0.25, -0.2) is 0 Å². The fraction of sp³-hybridized carbons (Fsp3) is 0.471. The Labute approximate surface area is 147 Å². The van der Waals surface area contributed by atoms with Crippen molar-refractivity contribution in [3.05, 3.63) is 30.1 Å². The Bertz CT molecular complexity index is 731. The maximum absolute atomic E-state index is 12.5. The number of aryl methyl sites for hydroxylation is 1. The van der Waals surface area contributed by atoms with Gasteiger partial charge in [0.25, 0.3) is 0 Å². The molecule has 1 aliphatic heterocycles. The first kappa shape index (κ1) is 17.1. The topological polar surface area (TPSA) is 100 Å². The van der Waals surface area contributed by atoms with E-state index in [-0.39, 0.29) is 17.9 Å². The molecule has 1 amide bonds. The van der Waals surface area contributed by atoms with Crippen LogP contribution < -0.4 is 15.4 Å². The number of nitrogens with two attached hydrogens (primary N) is 1. The van der Waals surface area contributed by atoms with Crippen LogP contribution in [0.2, 0.25) is 0 Å². The third-order valence-electron chi connectivity index (χ3n) is 4.50. The number of methoxy groups -OCH3 is 1. The summed E-state index contributed by atoms with van der Waals surface area (Å²) in [6.07, 6.45) is 0.913. The zero-order valence-corrected chi connectivity index (χ0v) is 14.6. The standard InChI is InChI=1S/C17H24N6O2/c1-12-11-22(13-5-3-4-6-14(13)25-2)9-10-23(12)16(24)8-7-15-19-17(18)21-20-15/h3-6,12H,7-11H2,1-2H3,(H3,18,19,20,21)/t12-/m0/s1. The highest BCUT2D eigenvalue weighted by molar-refractivity contribution is 5.77. The van der Waals surface area contributed by atoms with Crippen LogP contribution in [0.15, 0.2) is 24.3 Å². The number of ether oxygens (including phenoxy) is 1. The second-order valence-corrected chi connectivity index (χ2v) is 6.19. The number of hydrogen-bond acceptors (Lipinski definition) is 6. The average molecular weight is 344 g/mol. The van der Waals surface area contributed by atoms with Crippen molar-refractivity contribution in [3.8, 4) is 5.75 Å². The Morgan fingerprint density at radius 1 is 1.40 bits per heavy atom. The van der Waals surface area contributed by atoms with Crippen LogP contribution in [-0.2, 0) is 11.2 Å². The number of aromatic nitrogens is 3. The lowest BCUT2D eigenvalue weighted by molar-refractivity contribution is -0.133. The number of nitrogen functional groups attached to an aromatic ring is 1. The van der Waals surface area contributed by atoms with Crippen LogP contribution in [0.3, 0.4) is 0 Å². The van der Waals surface area contributed by atoms with Crippen LogP contribution in [0.1, 0.15) is 19.2 Å². The molecule has 1 aliphatic rings. The van der Waals surface area contributed by atoms with E-state index in [4.69, 9.17) is 10.5 Å². The zero-order valence-electron chi connectivity index (χ0n) is 14.6. The van der Waals surface area contributed by atoms with Gasteiger partial charge in [-0.2, -0.15) is 4.98 Å². The third kappa shape index (κ3) is 3.84. The number of hydrogen-bond donors (Lipinski definition) is 2. The van der Waals surface area contributed by atoms with Crippen molar-refractivity contribution in [2.75, 3.05) is 37.4 Å². The summed E-state index contributed by atoms with van der Waals surface area (Å²) in [5.41, 5.74) is 6.55. The molecule has 2 heterocycles. The van der Waals surface area contributed by atoms with Gasteiger partial charge in [0.2, 0.25) is 11.9 Å². The second kappa shape index (κ2) is 7.42. The SMILES string of the molecule is COc1ccccc1N1CCN(C(=O)CCc2nc(N)n[nH]2)[C@@H](C)C1. The molecule has 134 valence electrons. The molecule has 0 unspecified atom stereocenters. The maximum atomic E-state index is 12.5. The largest absolute Gasteiger partial charge is 0.495 e. The molecule has 1 aromatic heterocycles. The van der Waals surface area contributed by atoms with E-state index >= 15 is 0 Å². The van der Waals surface area contributed by atoms with Gasteiger partial charge in [0.15, 0.2) is 0 Å². The fourth-order valence-corrected chi connectivity index (χ4v) is 3.23. The second-order valence-electron chi connectivity index (χ2n) is 6.19. The van der Waals surface area contributed by atoms with E-state index in [0.29, 0.717) is 25.2 Å². The van der Waals surface area contributed by atoms with Gasteiger partial charge in [-0.1, -0.05) is 12.1 Å². The van der Waals surface area contributed by atoms with Crippen molar-refractivity contribution in [3.63, 3.8) is 0 Å². The maximum Gasteiger partial charge on any atom is 0.239 e. The average Bonchev–Trinajstić information content (AvgIpc) is 3.05. The molecule has 1 aromatic carbocycles. The van der Waals surface area contributed by atoms with Crippen molar-refractivity contribution in [2.24, 2.45) is 0 Å². The minimum Gasteiger partial charge on any atom is -0.495 e. The lowest BCUT2D eigenvalue weighted by Gasteiger charge is -2.41. The van der Waals surface area contributed by atoms with Crippen molar-refractivity contribution in [2.45, 2.75) is 25.8 Å². The van der Waals surface area contributed by atoms with Crippen LogP contribution >= 0.6 is 0 Å². The molecular weight excluding hydrogens is 320 g/mol. The molecule has 8 nitrogen and oxygen atoms in total. The van der Waals surface area contributed by atoms with E-state index in [1.165, 1.54) is 0 Å². The first-order valence-electron chi connectivity index (χ1n) is 8.42. The summed E-state index contributed by atoms with van der Waals surface area (Å²) in [5.74, 6) is 1.84. The van der Waals surface area contributed by atoms with E-state index in [0.717, 1.165) is 24.5 Å². The summed E-state index contributed by atoms with van der Waals surface area (Å²) in [6, 6.07) is 8.11. The molecule has 0 aliphatic carbocycles. The van der Waals surface area contributed by atoms with Gasteiger partial charge in [-0.3, -0.25) is 9.89 Å². The number of benzene rings is 1. The van der Waals surface area contributed by atoms with E-state index in [1.807, 2.05) is 23.1 Å². The van der Waals surface area contributed by atoms with E-state index in [1.54, 1.807) is 7.11 Å². The zero-order chi connectivity index (χ0) is 17.8. The minimum atomic E-state index is 0.127. The minimum absolute atomic E-state index is 0.127. The highest BCUT2D eigenvalue weighted by Gasteiger charge is 2.28. The molecule has 2 aromatic rings. The Morgan fingerprint density at radius 2 is 2.20 bits per heavy atom. The van der Waals surface area contributed by atoms with Gasteiger partial charge in [0, 0.05) is 38.5 Å². The highest BCUT2D eigenvalue weighted by atomic mass is 16.5. The van der Waals surface area contributed by atoms with Gasteiger partial charge >= 0.3 is 0 Å². The number of piperazine rings is 1. The number of carbonyl (C=O) groups is 1. The van der Waals surface area contributed by atoms with Crippen LogP contribution in [0.25, 0.3) is 0 Å². The predicted molar refractivity (Wildman–Crippen MR) is 95.5 cm³/mol. The van der Waals surface area contributed by atoms with Gasteiger partial charge in [0.1, 0.15) is 11.6 Å². The molecule has 1 fully saturated rings. The molecule has 1 saturated heterocycles. The summed E-state index contributed by atoms with van der Waals surface area (Å²) < 4.78 is 5.45. The van der Waals surface area contributed by atoms with Crippen molar-refractivity contribution < 1.29 is 9.53 Å². The van der Waals surface area contributed by atoms with Crippen molar-refractivity contribution in [1.29, 1.82) is 0 Å². The number of aromatic amines is 1. The van der Waals surface area contributed by atoms with Gasteiger partial charge < -0.3 is 20.3 Å². The van der Waals surface area contributed by atoms with E-state index in [9.17, 15) is 4.79 Å². The lowest BCUT2D eigenvalue weighted by Crippen LogP contribution is -2.54. The Morgan fingerprint density at radius 3 is 2.88 bits per heavy atom. The Kier molecular flexibility index (Phi) is 5.06. The number of nitrogens with zero attached hydrogens (tertiary/aromatic N) is 4. The number of rotatable bonds is 5. The third-order valence-corrected chi connectivity index (χ3v) is 4.50. The van der Waals surface area contributed by atoms with E-state index < -0.39 is 0 Å². The molecule has 0 radical (unpaired) electrons. The summed E-state index contributed by atoms with van der Waals surface area (Å²) in [7, 11) is 1.68. The highest BCUT2D eigenvalue weighted by Crippen LogP contribution is 2.29. The number of H-pyrrole nitrogens is 1. The number of carbonyl (C=O) groups excluding carboxylic acids is 1. The van der Waals surface area contributed by atoms with Crippen molar-refractivity contribution >= 4 is 17.5 Å². The number of nitrogens with one attached hydrogen (secondary N) is 1. The molecule has 0 spiro atoms. The molecule has 25 heavy (non-hydrogen) atoms. The quantitative estimate of drug-likeness (QED) is 0.841. The summed E-state index contributed by atoms with van der Waals surface area (Å²) >= 11 is 0. The number of amides is 1. The normalized spacial score (nSPS) is 17.6.